The van der Waals surface area contributed by atoms with E-state index in [1.54, 1.807) is 10.9 Å². The van der Waals surface area contributed by atoms with Crippen LogP contribution in [0.15, 0.2) is 60.8 Å². The zero-order chi connectivity index (χ0) is 22.5. The lowest BCUT2D eigenvalue weighted by Gasteiger charge is -2.12. The van der Waals surface area contributed by atoms with E-state index in [1.165, 1.54) is 5.56 Å². The Morgan fingerprint density at radius 1 is 1.03 bits per heavy atom. The van der Waals surface area contributed by atoms with Crippen molar-refractivity contribution in [2.45, 2.75) is 26.8 Å². The second kappa shape index (κ2) is 9.38. The number of benzene rings is 2. The van der Waals surface area contributed by atoms with Crippen molar-refractivity contribution in [1.29, 1.82) is 0 Å². The summed E-state index contributed by atoms with van der Waals surface area (Å²) in [5.74, 6) is 1.33. The van der Waals surface area contributed by atoms with Crippen LogP contribution in [0.2, 0.25) is 0 Å². The maximum atomic E-state index is 13.1. The monoisotopic (exact) mass is 427 g/mol. The average molecular weight is 428 g/mol. The molecule has 0 aliphatic heterocycles. The number of nitrogens with zero attached hydrogens (tertiary/aromatic N) is 5. The van der Waals surface area contributed by atoms with Crippen molar-refractivity contribution in [2.24, 2.45) is 0 Å². The average Bonchev–Trinajstić information content (AvgIpc) is 3.32. The number of rotatable bonds is 7. The first-order valence-corrected chi connectivity index (χ1v) is 10.5. The minimum atomic E-state index is -0.177. The fourth-order valence-corrected chi connectivity index (χ4v) is 3.37. The fraction of sp³-hybridized carbons (Fsp3) is 0.208. The van der Waals surface area contributed by atoms with Crippen molar-refractivity contribution in [3.8, 4) is 16.8 Å². The Labute approximate surface area is 186 Å². The van der Waals surface area contributed by atoms with E-state index in [0.29, 0.717) is 18.5 Å². The highest BCUT2D eigenvalue weighted by Crippen LogP contribution is 2.25. The van der Waals surface area contributed by atoms with Crippen LogP contribution in [0.3, 0.4) is 0 Å². The number of hydrogen-bond acceptors (Lipinski definition) is 6. The van der Waals surface area contributed by atoms with E-state index in [2.05, 4.69) is 43.3 Å². The van der Waals surface area contributed by atoms with Crippen LogP contribution in [0.4, 0.5) is 5.82 Å². The van der Waals surface area contributed by atoms with Crippen LogP contribution in [-0.4, -0.2) is 38.1 Å². The largest absolute Gasteiger partial charge is 0.373 e. The van der Waals surface area contributed by atoms with Gasteiger partial charge < -0.3 is 10.6 Å². The van der Waals surface area contributed by atoms with Gasteiger partial charge in [0.2, 0.25) is 0 Å². The van der Waals surface area contributed by atoms with Crippen LogP contribution in [0.5, 0.6) is 0 Å². The van der Waals surface area contributed by atoms with Gasteiger partial charge in [0.05, 0.1) is 5.69 Å². The molecule has 2 N–H and O–H groups in total. The standard InChI is InChI=1S/C24H25N7O/c1-4-23-28-29-30-31(23)21-12-19(18-8-5-16(2)6-9-18)11-20(13-21)24(32)27-15-17-7-10-22(25-3)26-14-17/h5-14H,4,15H2,1-3H3,(H,25,26)(H,27,32). The molecule has 8 heteroatoms. The summed E-state index contributed by atoms with van der Waals surface area (Å²) in [5.41, 5.74) is 5.32. The van der Waals surface area contributed by atoms with Crippen molar-refractivity contribution in [3.63, 3.8) is 0 Å². The van der Waals surface area contributed by atoms with E-state index in [4.69, 9.17) is 0 Å². The molecule has 0 bridgehead atoms. The lowest BCUT2D eigenvalue weighted by atomic mass is 10.0. The molecule has 0 fully saturated rings. The minimum Gasteiger partial charge on any atom is -0.373 e. The summed E-state index contributed by atoms with van der Waals surface area (Å²) >= 11 is 0. The van der Waals surface area contributed by atoms with Crippen LogP contribution >= 0.6 is 0 Å². The number of amides is 1. The summed E-state index contributed by atoms with van der Waals surface area (Å²) in [5, 5.41) is 18.0. The van der Waals surface area contributed by atoms with Gasteiger partial charge in [-0.05, 0) is 58.3 Å². The lowest BCUT2D eigenvalue weighted by Crippen LogP contribution is -2.23. The molecule has 2 heterocycles. The smallest absolute Gasteiger partial charge is 0.251 e. The molecule has 0 saturated heterocycles. The van der Waals surface area contributed by atoms with Crippen molar-refractivity contribution >= 4 is 11.7 Å². The Morgan fingerprint density at radius 3 is 2.53 bits per heavy atom. The molecule has 0 unspecified atom stereocenters. The molecule has 0 saturated carbocycles. The highest BCUT2D eigenvalue weighted by molar-refractivity contribution is 5.96. The van der Waals surface area contributed by atoms with Gasteiger partial charge in [-0.2, -0.15) is 4.68 Å². The zero-order valence-electron chi connectivity index (χ0n) is 18.3. The zero-order valence-corrected chi connectivity index (χ0v) is 18.3. The van der Waals surface area contributed by atoms with Gasteiger partial charge in [-0.1, -0.05) is 42.8 Å². The predicted octanol–water partition coefficient (Wildman–Crippen LogP) is 3.57. The number of anilines is 1. The molecule has 4 aromatic rings. The first-order valence-electron chi connectivity index (χ1n) is 10.5. The Balaban J connectivity index is 1.66. The van der Waals surface area contributed by atoms with E-state index in [0.717, 1.165) is 34.0 Å². The fourth-order valence-electron chi connectivity index (χ4n) is 3.37. The van der Waals surface area contributed by atoms with Gasteiger partial charge in [0.1, 0.15) is 5.82 Å². The van der Waals surface area contributed by atoms with Gasteiger partial charge in [-0.25, -0.2) is 4.98 Å². The van der Waals surface area contributed by atoms with Crippen molar-refractivity contribution in [3.05, 3.63) is 83.3 Å². The molecule has 0 spiro atoms. The van der Waals surface area contributed by atoms with Gasteiger partial charge in [-0.15, -0.1) is 5.10 Å². The van der Waals surface area contributed by atoms with Crippen LogP contribution in [-0.2, 0) is 13.0 Å². The minimum absolute atomic E-state index is 0.177. The van der Waals surface area contributed by atoms with Crippen molar-refractivity contribution in [2.75, 3.05) is 12.4 Å². The molecule has 0 aliphatic carbocycles. The second-order valence-corrected chi connectivity index (χ2v) is 7.48. The summed E-state index contributed by atoms with van der Waals surface area (Å²) in [6.07, 6.45) is 2.42. The highest BCUT2D eigenvalue weighted by Gasteiger charge is 2.14. The Bertz CT molecular complexity index is 1210. The first kappa shape index (κ1) is 21.2. The van der Waals surface area contributed by atoms with Crippen LogP contribution < -0.4 is 10.6 Å². The summed E-state index contributed by atoms with van der Waals surface area (Å²) < 4.78 is 1.68. The van der Waals surface area contributed by atoms with E-state index < -0.39 is 0 Å². The van der Waals surface area contributed by atoms with Crippen LogP contribution in [0.25, 0.3) is 16.8 Å². The summed E-state index contributed by atoms with van der Waals surface area (Å²) in [4.78, 5) is 17.3. The maximum Gasteiger partial charge on any atom is 0.251 e. The van der Waals surface area contributed by atoms with E-state index in [9.17, 15) is 4.79 Å². The normalized spacial score (nSPS) is 10.7. The molecular weight excluding hydrogens is 402 g/mol. The highest BCUT2D eigenvalue weighted by atomic mass is 16.1. The number of carbonyl (C=O) groups excluding carboxylic acids is 1. The summed E-state index contributed by atoms with van der Waals surface area (Å²) in [6.45, 7) is 4.42. The Morgan fingerprint density at radius 2 is 1.84 bits per heavy atom. The molecule has 4 rings (SSSR count). The third-order valence-electron chi connectivity index (χ3n) is 5.19. The molecular formula is C24H25N7O. The third-order valence-corrected chi connectivity index (χ3v) is 5.19. The van der Waals surface area contributed by atoms with E-state index in [1.807, 2.05) is 63.4 Å². The Kier molecular flexibility index (Phi) is 6.21. The van der Waals surface area contributed by atoms with Crippen molar-refractivity contribution in [1.82, 2.24) is 30.5 Å². The van der Waals surface area contributed by atoms with Gasteiger partial charge >= 0.3 is 0 Å². The van der Waals surface area contributed by atoms with Gasteiger partial charge in [0, 0.05) is 31.8 Å². The SMILES string of the molecule is CCc1nnnn1-c1cc(C(=O)NCc2ccc(NC)nc2)cc(-c2ccc(C)cc2)c1. The van der Waals surface area contributed by atoms with E-state index in [-0.39, 0.29) is 5.91 Å². The lowest BCUT2D eigenvalue weighted by molar-refractivity contribution is 0.0951. The van der Waals surface area contributed by atoms with E-state index >= 15 is 0 Å². The molecule has 0 radical (unpaired) electrons. The third kappa shape index (κ3) is 4.64. The number of hydrogen-bond donors (Lipinski definition) is 2. The molecule has 162 valence electrons. The molecule has 0 aliphatic rings. The number of aromatic nitrogens is 5. The number of carbonyl (C=O) groups is 1. The van der Waals surface area contributed by atoms with Crippen LogP contribution in [0, 0.1) is 6.92 Å². The number of nitrogens with one attached hydrogen (secondary N) is 2. The van der Waals surface area contributed by atoms with Gasteiger partial charge in [0.25, 0.3) is 5.91 Å². The topological polar surface area (TPSA) is 97.6 Å². The molecule has 2 aromatic carbocycles. The number of pyridine rings is 1. The molecule has 1 amide bonds. The van der Waals surface area contributed by atoms with Gasteiger partial charge in [-0.3, -0.25) is 4.79 Å². The second-order valence-electron chi connectivity index (χ2n) is 7.48. The molecule has 0 atom stereocenters. The number of aryl methyl sites for hydroxylation is 2. The summed E-state index contributed by atoms with van der Waals surface area (Å²) in [7, 11) is 1.82. The van der Waals surface area contributed by atoms with Crippen LogP contribution in [0.1, 0.15) is 34.2 Å². The molecule has 2 aromatic heterocycles. The van der Waals surface area contributed by atoms with Gasteiger partial charge in [0.15, 0.2) is 5.82 Å². The predicted molar refractivity (Wildman–Crippen MR) is 124 cm³/mol. The Hall–Kier alpha value is -4.07. The number of tetrazole rings is 1. The first-order chi connectivity index (χ1) is 15.6. The quantitative estimate of drug-likeness (QED) is 0.468. The maximum absolute atomic E-state index is 13.1. The molecule has 8 nitrogen and oxygen atoms in total. The molecule has 32 heavy (non-hydrogen) atoms. The summed E-state index contributed by atoms with van der Waals surface area (Å²) in [6, 6.07) is 17.7. The van der Waals surface area contributed by atoms with Crippen molar-refractivity contribution < 1.29 is 4.79 Å².